The first-order valence-corrected chi connectivity index (χ1v) is 14.3. The van der Waals surface area contributed by atoms with Gasteiger partial charge in [0.15, 0.2) is 23.0 Å². The van der Waals surface area contributed by atoms with E-state index in [1.165, 1.54) is 13.3 Å². The highest BCUT2D eigenvalue weighted by Crippen LogP contribution is 2.34. The first kappa shape index (κ1) is 30.2. The Kier molecular flexibility index (Phi) is 9.46. The molecule has 0 bridgehead atoms. The predicted octanol–water partition coefficient (Wildman–Crippen LogP) is 7.28. The van der Waals surface area contributed by atoms with Crippen LogP contribution >= 0.6 is 11.6 Å². The summed E-state index contributed by atoms with van der Waals surface area (Å²) in [6.45, 7) is 4.60. The van der Waals surface area contributed by atoms with Gasteiger partial charge in [-0.2, -0.15) is 5.10 Å². The second-order valence-corrected chi connectivity index (χ2v) is 9.89. The Morgan fingerprint density at radius 1 is 0.864 bits per heavy atom. The largest absolute Gasteiger partial charge is 0.493 e. The normalized spacial score (nSPS) is 11.0. The van der Waals surface area contributed by atoms with Crippen LogP contribution in [0.4, 0.5) is 0 Å². The number of hydrogen-bond donors (Lipinski definition) is 2. The summed E-state index contributed by atoms with van der Waals surface area (Å²) in [7, 11) is 1.46. The zero-order valence-electron chi connectivity index (χ0n) is 24.3. The molecule has 5 aromatic rings. The average Bonchev–Trinajstić information content (AvgIpc) is 3.42. The van der Waals surface area contributed by atoms with Crippen molar-refractivity contribution in [3.63, 3.8) is 0 Å². The van der Waals surface area contributed by atoms with Crippen LogP contribution in [0.2, 0.25) is 5.02 Å². The summed E-state index contributed by atoms with van der Waals surface area (Å²) in [5.41, 5.74) is 6.20. The molecule has 1 aromatic heterocycles. The fraction of sp³-hybridized carbons (Fsp3) is 0.147. The van der Waals surface area contributed by atoms with Crippen LogP contribution in [0.3, 0.4) is 0 Å². The number of fused-ring (bicyclic) bond motifs is 1. The third kappa shape index (κ3) is 6.68. The molecule has 0 unspecified atom stereocenters. The molecule has 0 saturated carbocycles. The monoisotopic (exact) mass is 611 g/mol. The molecule has 44 heavy (non-hydrogen) atoms. The van der Waals surface area contributed by atoms with E-state index in [9.17, 15) is 9.59 Å². The van der Waals surface area contributed by atoms with Crippen molar-refractivity contribution >= 4 is 40.6 Å². The Hall–Kier alpha value is -5.28. The van der Waals surface area contributed by atoms with Gasteiger partial charge in [0, 0.05) is 21.5 Å². The average molecular weight is 612 g/mol. The van der Waals surface area contributed by atoms with Crippen LogP contribution in [0.1, 0.15) is 40.3 Å². The number of hydrazone groups is 1. The number of carbonyl (C=O) groups is 2. The van der Waals surface area contributed by atoms with Crippen LogP contribution < -0.4 is 24.4 Å². The molecule has 0 aliphatic rings. The number of aromatic nitrogens is 1. The minimum absolute atomic E-state index is 0.217. The maximum atomic E-state index is 13.3. The highest BCUT2D eigenvalue weighted by molar-refractivity contribution is 6.31. The van der Waals surface area contributed by atoms with Crippen molar-refractivity contribution in [1.29, 1.82) is 0 Å². The smallest absolute Gasteiger partial charge is 0.343 e. The van der Waals surface area contributed by atoms with Gasteiger partial charge in [-0.25, -0.2) is 10.2 Å². The second kappa shape index (κ2) is 13.8. The summed E-state index contributed by atoms with van der Waals surface area (Å²) in [6, 6.07) is 24.8. The molecule has 0 radical (unpaired) electrons. The van der Waals surface area contributed by atoms with E-state index >= 15 is 0 Å². The molecule has 4 aromatic carbocycles. The summed E-state index contributed by atoms with van der Waals surface area (Å²) >= 11 is 6.26. The first-order valence-electron chi connectivity index (χ1n) is 13.9. The number of H-pyrrole nitrogens is 1. The highest BCUT2D eigenvalue weighted by atomic mass is 35.5. The second-order valence-electron chi connectivity index (χ2n) is 9.46. The van der Waals surface area contributed by atoms with Crippen molar-refractivity contribution < 1.29 is 28.5 Å². The minimum Gasteiger partial charge on any atom is -0.493 e. The number of rotatable bonds is 11. The number of hydrogen-bond acceptors (Lipinski definition) is 7. The number of benzene rings is 4. The number of nitrogens with one attached hydrogen (secondary N) is 2. The quantitative estimate of drug-likeness (QED) is 0.0703. The van der Waals surface area contributed by atoms with E-state index < -0.39 is 11.9 Å². The fourth-order valence-electron chi connectivity index (χ4n) is 4.65. The molecule has 0 spiro atoms. The van der Waals surface area contributed by atoms with Crippen molar-refractivity contribution in [3.05, 3.63) is 107 Å². The van der Waals surface area contributed by atoms with E-state index in [2.05, 4.69) is 15.5 Å². The lowest BCUT2D eigenvalue weighted by Crippen LogP contribution is -2.18. The van der Waals surface area contributed by atoms with Crippen LogP contribution in [-0.2, 0) is 0 Å². The lowest BCUT2D eigenvalue weighted by molar-refractivity contribution is 0.0728. The van der Waals surface area contributed by atoms with Crippen LogP contribution in [0, 0.1) is 0 Å². The highest BCUT2D eigenvalue weighted by Gasteiger charge is 2.20. The Labute approximate surface area is 259 Å². The molecule has 9 nitrogen and oxygen atoms in total. The molecule has 1 heterocycles. The summed E-state index contributed by atoms with van der Waals surface area (Å²) < 4.78 is 22.2. The van der Waals surface area contributed by atoms with Crippen molar-refractivity contribution in [2.75, 3.05) is 20.3 Å². The molecule has 0 fully saturated rings. The number of amides is 1. The molecule has 0 aliphatic heterocycles. The number of aromatic amines is 1. The van der Waals surface area contributed by atoms with Gasteiger partial charge in [-0.15, -0.1) is 0 Å². The Bertz CT molecular complexity index is 1830. The maximum absolute atomic E-state index is 13.3. The molecule has 2 N–H and O–H groups in total. The first-order chi connectivity index (χ1) is 21.4. The van der Waals surface area contributed by atoms with Gasteiger partial charge in [-0.3, -0.25) is 4.79 Å². The van der Waals surface area contributed by atoms with Gasteiger partial charge in [0.2, 0.25) is 0 Å². The van der Waals surface area contributed by atoms with Gasteiger partial charge in [-0.05, 0) is 79.6 Å². The lowest BCUT2D eigenvalue weighted by Gasteiger charge is -2.13. The van der Waals surface area contributed by atoms with E-state index in [1.807, 2.05) is 56.3 Å². The molecule has 5 rings (SSSR count). The summed E-state index contributed by atoms with van der Waals surface area (Å²) in [5, 5.41) is 5.54. The molecule has 0 atom stereocenters. The maximum Gasteiger partial charge on any atom is 0.343 e. The van der Waals surface area contributed by atoms with Gasteiger partial charge < -0.3 is 23.9 Å². The van der Waals surface area contributed by atoms with Crippen molar-refractivity contribution in [2.24, 2.45) is 5.10 Å². The van der Waals surface area contributed by atoms with Gasteiger partial charge in [-0.1, -0.05) is 41.9 Å². The summed E-state index contributed by atoms with van der Waals surface area (Å²) in [4.78, 5) is 29.4. The van der Waals surface area contributed by atoms with E-state index in [4.69, 9.17) is 30.5 Å². The summed E-state index contributed by atoms with van der Waals surface area (Å²) in [6.07, 6.45) is 1.47. The standard InChI is InChI=1S/C34H30ClN3O6/c1-4-42-27-16-12-23(18-30(27)43-5-2)34(40)44-28-15-11-21(17-29(28)41-3)20-36-38-33(39)32-31(22-9-7-6-8-10-22)25-19-24(35)13-14-26(25)37-32/h6-20,37H,4-5H2,1-3H3,(H,38,39). The number of carbonyl (C=O) groups excluding carboxylic acids is 2. The number of ether oxygens (including phenoxy) is 4. The van der Waals surface area contributed by atoms with Crippen LogP contribution in [0.5, 0.6) is 23.0 Å². The predicted molar refractivity (Wildman–Crippen MR) is 171 cm³/mol. The van der Waals surface area contributed by atoms with E-state index in [0.717, 1.165) is 22.0 Å². The zero-order chi connectivity index (χ0) is 31.1. The lowest BCUT2D eigenvalue weighted by atomic mass is 10.0. The third-order valence-electron chi connectivity index (χ3n) is 6.60. The van der Waals surface area contributed by atoms with Crippen LogP contribution in [0.15, 0.2) is 90.0 Å². The molecular formula is C34H30ClN3O6. The molecule has 1 amide bonds. The number of halogens is 1. The van der Waals surface area contributed by atoms with Crippen molar-refractivity contribution in [3.8, 4) is 34.1 Å². The van der Waals surface area contributed by atoms with E-state index in [0.29, 0.717) is 52.3 Å². The fourth-order valence-corrected chi connectivity index (χ4v) is 4.82. The molecule has 0 saturated heterocycles. The Morgan fingerprint density at radius 2 is 1.61 bits per heavy atom. The van der Waals surface area contributed by atoms with E-state index in [1.54, 1.807) is 42.5 Å². The van der Waals surface area contributed by atoms with Crippen molar-refractivity contribution in [1.82, 2.24) is 10.4 Å². The Morgan fingerprint density at radius 3 is 2.36 bits per heavy atom. The molecular weight excluding hydrogens is 582 g/mol. The summed E-state index contributed by atoms with van der Waals surface area (Å²) in [5.74, 6) is 0.515. The molecule has 10 heteroatoms. The topological polar surface area (TPSA) is 111 Å². The Balaban J connectivity index is 1.32. The van der Waals surface area contributed by atoms with Gasteiger partial charge >= 0.3 is 5.97 Å². The zero-order valence-corrected chi connectivity index (χ0v) is 25.1. The number of esters is 1. The SMILES string of the molecule is CCOc1ccc(C(=O)Oc2ccc(C=NNC(=O)c3[nH]c4ccc(Cl)cc4c3-c3ccccc3)cc2OC)cc1OCC. The van der Waals surface area contributed by atoms with Crippen molar-refractivity contribution in [2.45, 2.75) is 13.8 Å². The van der Waals surface area contributed by atoms with Gasteiger partial charge in [0.1, 0.15) is 5.69 Å². The van der Waals surface area contributed by atoms with Crippen LogP contribution in [0.25, 0.3) is 22.0 Å². The number of nitrogens with zero attached hydrogens (tertiary/aromatic N) is 1. The van der Waals surface area contributed by atoms with Gasteiger partial charge in [0.25, 0.3) is 5.91 Å². The van der Waals surface area contributed by atoms with Crippen LogP contribution in [-0.4, -0.2) is 43.4 Å². The number of methoxy groups -OCH3 is 1. The van der Waals surface area contributed by atoms with E-state index in [-0.39, 0.29) is 5.75 Å². The third-order valence-corrected chi connectivity index (χ3v) is 6.83. The molecule has 0 aliphatic carbocycles. The minimum atomic E-state index is -0.588. The van der Waals surface area contributed by atoms with Gasteiger partial charge in [0.05, 0.1) is 32.1 Å². The molecule has 224 valence electrons.